The van der Waals surface area contributed by atoms with Gasteiger partial charge in [-0.3, -0.25) is 4.79 Å². The van der Waals surface area contributed by atoms with Gasteiger partial charge in [-0.15, -0.1) is 11.3 Å². The number of nitrogens with one attached hydrogen (secondary N) is 2. The predicted molar refractivity (Wildman–Crippen MR) is 145 cm³/mol. The topological polar surface area (TPSA) is 74.3 Å². The van der Waals surface area contributed by atoms with E-state index in [4.69, 9.17) is 11.6 Å². The SMILES string of the molecule is CC(C)N(Cc1nc(C(=O)NC(c2ccccc2)c2ccccc2)cs1)C(=O)Nc1cccc(Cl)c1. The standard InChI is InChI=1S/C28H27ClN4O2S/c1-19(2)33(28(35)30-23-15-9-14-22(29)16-23)17-25-31-24(18-36-25)27(34)32-26(20-10-5-3-6-11-20)21-12-7-4-8-13-21/h3-16,18-19,26H,17H2,1-2H3,(H,30,35)(H,32,34). The number of carbonyl (C=O) groups excluding carboxylic acids is 2. The number of thiazole rings is 1. The largest absolute Gasteiger partial charge is 0.340 e. The van der Waals surface area contributed by atoms with Crippen LogP contribution in [-0.4, -0.2) is 27.9 Å². The fraction of sp³-hybridized carbons (Fsp3) is 0.179. The molecule has 184 valence electrons. The number of amides is 3. The fourth-order valence-corrected chi connectivity index (χ4v) is 4.70. The van der Waals surface area contributed by atoms with Gasteiger partial charge >= 0.3 is 6.03 Å². The van der Waals surface area contributed by atoms with Crippen molar-refractivity contribution in [1.29, 1.82) is 0 Å². The molecule has 4 rings (SSSR count). The third-order valence-electron chi connectivity index (χ3n) is 5.59. The summed E-state index contributed by atoms with van der Waals surface area (Å²) in [4.78, 5) is 32.3. The Balaban J connectivity index is 1.47. The average molecular weight is 519 g/mol. The molecule has 0 radical (unpaired) electrons. The van der Waals surface area contributed by atoms with Crippen molar-refractivity contribution in [3.63, 3.8) is 0 Å². The summed E-state index contributed by atoms with van der Waals surface area (Å²) >= 11 is 7.39. The normalized spacial score (nSPS) is 10.9. The number of benzene rings is 3. The molecule has 1 heterocycles. The molecular weight excluding hydrogens is 492 g/mol. The van der Waals surface area contributed by atoms with Gasteiger partial charge in [0.25, 0.3) is 5.91 Å². The van der Waals surface area contributed by atoms with Crippen LogP contribution in [0.3, 0.4) is 0 Å². The molecule has 0 saturated heterocycles. The van der Waals surface area contributed by atoms with Gasteiger partial charge in [-0.25, -0.2) is 9.78 Å². The molecule has 0 fully saturated rings. The molecule has 3 aromatic carbocycles. The fourth-order valence-electron chi connectivity index (χ4n) is 3.74. The van der Waals surface area contributed by atoms with Gasteiger partial charge in [-0.1, -0.05) is 78.3 Å². The van der Waals surface area contributed by atoms with E-state index in [1.54, 1.807) is 34.5 Å². The van der Waals surface area contributed by atoms with Gasteiger partial charge in [0.1, 0.15) is 10.7 Å². The maximum absolute atomic E-state index is 13.2. The second-order valence-corrected chi connectivity index (χ2v) is 9.90. The Morgan fingerprint density at radius 1 is 0.944 bits per heavy atom. The van der Waals surface area contributed by atoms with Crippen LogP contribution in [0.15, 0.2) is 90.3 Å². The van der Waals surface area contributed by atoms with Crippen LogP contribution in [0.4, 0.5) is 10.5 Å². The quantitative estimate of drug-likeness (QED) is 0.270. The smallest absolute Gasteiger partial charge is 0.322 e. The second-order valence-electron chi connectivity index (χ2n) is 8.52. The highest BCUT2D eigenvalue weighted by atomic mass is 35.5. The number of carbonyl (C=O) groups is 2. The number of aromatic nitrogens is 1. The molecule has 0 aliphatic carbocycles. The van der Waals surface area contributed by atoms with Crippen LogP contribution in [0.2, 0.25) is 5.02 Å². The number of rotatable bonds is 8. The average Bonchev–Trinajstić information content (AvgIpc) is 3.35. The van der Waals surface area contributed by atoms with Crippen molar-refractivity contribution in [3.05, 3.63) is 117 Å². The minimum absolute atomic E-state index is 0.0779. The lowest BCUT2D eigenvalue weighted by Crippen LogP contribution is -2.39. The summed E-state index contributed by atoms with van der Waals surface area (Å²) in [5.41, 5.74) is 2.91. The number of hydrogen-bond acceptors (Lipinski definition) is 4. The van der Waals surface area contributed by atoms with Crippen LogP contribution in [0.25, 0.3) is 0 Å². The first-order chi connectivity index (χ1) is 17.4. The lowest BCUT2D eigenvalue weighted by atomic mass is 9.98. The highest BCUT2D eigenvalue weighted by Crippen LogP contribution is 2.23. The van der Waals surface area contributed by atoms with E-state index >= 15 is 0 Å². The molecule has 0 spiro atoms. The molecule has 1 aromatic heterocycles. The minimum Gasteiger partial charge on any atom is -0.340 e. The number of urea groups is 1. The maximum Gasteiger partial charge on any atom is 0.322 e. The van der Waals surface area contributed by atoms with Gasteiger partial charge in [0, 0.05) is 22.1 Å². The Labute approximate surface area is 220 Å². The zero-order valence-electron chi connectivity index (χ0n) is 20.0. The summed E-state index contributed by atoms with van der Waals surface area (Å²) in [6.07, 6.45) is 0. The van der Waals surface area contributed by atoms with Crippen molar-refractivity contribution < 1.29 is 9.59 Å². The molecule has 0 atom stereocenters. The van der Waals surface area contributed by atoms with Crippen LogP contribution in [0, 0.1) is 0 Å². The van der Waals surface area contributed by atoms with E-state index in [1.165, 1.54) is 11.3 Å². The molecule has 0 aliphatic rings. The second kappa shape index (κ2) is 11.8. The zero-order valence-corrected chi connectivity index (χ0v) is 21.6. The van der Waals surface area contributed by atoms with E-state index in [1.807, 2.05) is 74.5 Å². The molecule has 2 N–H and O–H groups in total. The maximum atomic E-state index is 13.2. The highest BCUT2D eigenvalue weighted by molar-refractivity contribution is 7.09. The third kappa shape index (κ3) is 6.50. The molecule has 4 aromatic rings. The number of halogens is 1. The Morgan fingerprint density at radius 2 is 1.58 bits per heavy atom. The molecule has 0 aliphatic heterocycles. The first-order valence-corrected chi connectivity index (χ1v) is 12.8. The van der Waals surface area contributed by atoms with Gasteiger partial charge in [0.2, 0.25) is 0 Å². The molecule has 0 saturated carbocycles. The van der Waals surface area contributed by atoms with E-state index in [0.29, 0.717) is 21.4 Å². The van der Waals surface area contributed by atoms with Crippen LogP contribution in [0.1, 0.15) is 46.5 Å². The lowest BCUT2D eigenvalue weighted by molar-refractivity contribution is 0.0938. The first-order valence-electron chi connectivity index (χ1n) is 11.6. The Bertz CT molecular complexity index is 1270. The molecule has 6 nitrogen and oxygen atoms in total. The van der Waals surface area contributed by atoms with Crippen LogP contribution in [0.5, 0.6) is 0 Å². The van der Waals surface area contributed by atoms with Gasteiger partial charge in [0.15, 0.2) is 0 Å². The van der Waals surface area contributed by atoms with E-state index in [-0.39, 0.29) is 30.6 Å². The van der Waals surface area contributed by atoms with E-state index < -0.39 is 0 Å². The molecule has 8 heteroatoms. The van der Waals surface area contributed by atoms with Crippen molar-refractivity contribution in [2.24, 2.45) is 0 Å². The Hall–Kier alpha value is -3.68. The molecule has 3 amide bonds. The van der Waals surface area contributed by atoms with Crippen molar-refractivity contribution >= 4 is 40.6 Å². The van der Waals surface area contributed by atoms with Gasteiger partial charge < -0.3 is 15.5 Å². The summed E-state index contributed by atoms with van der Waals surface area (Å²) in [5.74, 6) is -0.269. The predicted octanol–water partition coefficient (Wildman–Crippen LogP) is 6.76. The van der Waals surface area contributed by atoms with Crippen molar-refractivity contribution in [2.75, 3.05) is 5.32 Å². The minimum atomic E-state index is -0.305. The monoisotopic (exact) mass is 518 g/mol. The van der Waals surface area contributed by atoms with Crippen molar-refractivity contribution in [1.82, 2.24) is 15.2 Å². The van der Waals surface area contributed by atoms with E-state index in [0.717, 1.165) is 11.1 Å². The number of anilines is 1. The number of nitrogens with zero attached hydrogens (tertiary/aromatic N) is 2. The van der Waals surface area contributed by atoms with Crippen molar-refractivity contribution in [2.45, 2.75) is 32.5 Å². The highest BCUT2D eigenvalue weighted by Gasteiger charge is 2.22. The molecule has 36 heavy (non-hydrogen) atoms. The third-order valence-corrected chi connectivity index (χ3v) is 6.66. The lowest BCUT2D eigenvalue weighted by Gasteiger charge is -2.26. The van der Waals surface area contributed by atoms with Crippen LogP contribution < -0.4 is 10.6 Å². The van der Waals surface area contributed by atoms with E-state index in [2.05, 4.69) is 15.6 Å². The Kier molecular flexibility index (Phi) is 8.36. The Morgan fingerprint density at radius 3 is 2.17 bits per heavy atom. The van der Waals surface area contributed by atoms with Gasteiger partial charge in [-0.05, 0) is 43.2 Å². The number of hydrogen-bond donors (Lipinski definition) is 2. The first kappa shape index (κ1) is 25.4. The molecular formula is C28H27ClN4O2S. The summed E-state index contributed by atoms with van der Waals surface area (Å²) in [6.45, 7) is 4.15. The summed E-state index contributed by atoms with van der Waals surface area (Å²) in [6, 6.07) is 26.0. The zero-order chi connectivity index (χ0) is 25.5. The summed E-state index contributed by atoms with van der Waals surface area (Å²) in [7, 11) is 0. The van der Waals surface area contributed by atoms with E-state index in [9.17, 15) is 9.59 Å². The molecule has 0 bridgehead atoms. The van der Waals surface area contributed by atoms with Crippen LogP contribution >= 0.6 is 22.9 Å². The molecule has 0 unspecified atom stereocenters. The van der Waals surface area contributed by atoms with Crippen LogP contribution in [-0.2, 0) is 6.54 Å². The van der Waals surface area contributed by atoms with Crippen molar-refractivity contribution in [3.8, 4) is 0 Å². The van der Waals surface area contributed by atoms with Gasteiger partial charge in [0.05, 0.1) is 12.6 Å². The summed E-state index contributed by atoms with van der Waals surface area (Å²) < 4.78 is 0. The summed E-state index contributed by atoms with van der Waals surface area (Å²) in [5, 5.41) is 8.94. The van der Waals surface area contributed by atoms with Gasteiger partial charge in [-0.2, -0.15) is 0 Å².